The monoisotopic (exact) mass is 378 g/mol. The summed E-state index contributed by atoms with van der Waals surface area (Å²) in [5, 5.41) is 2.98. The highest BCUT2D eigenvalue weighted by Gasteiger charge is 2.36. The van der Waals surface area contributed by atoms with E-state index in [9.17, 15) is 9.59 Å². The minimum Gasteiger partial charge on any atom is -0.454 e. The lowest BCUT2D eigenvalue weighted by molar-refractivity contribution is -0.119. The number of hydrogen-bond donors (Lipinski definition) is 1. The first kappa shape index (κ1) is 17.1. The summed E-state index contributed by atoms with van der Waals surface area (Å²) < 4.78 is 10.7. The van der Waals surface area contributed by atoms with Gasteiger partial charge >= 0.3 is 0 Å². The topological polar surface area (TPSA) is 67.9 Å². The molecule has 1 saturated carbocycles. The van der Waals surface area contributed by atoms with E-state index in [0.717, 1.165) is 59.8 Å². The Labute approximate surface area is 163 Å². The van der Waals surface area contributed by atoms with Crippen molar-refractivity contribution in [3.63, 3.8) is 0 Å². The van der Waals surface area contributed by atoms with Crippen LogP contribution in [0.1, 0.15) is 30.4 Å². The average Bonchev–Trinajstić information content (AvgIpc) is 3.30. The van der Waals surface area contributed by atoms with E-state index in [1.165, 1.54) is 0 Å². The van der Waals surface area contributed by atoms with Crippen molar-refractivity contribution in [1.82, 2.24) is 0 Å². The standard InChI is InChI=1S/C22H22N2O4/c25-21(8-2-14-1-7-19-20(11-14)28-13-27-19)23-17-5-6-18-16(12-17)9-10-24(18)22(26)15-3-4-15/h1,5-7,11-12,15H,2-4,8-10,13H2,(H,23,25). The first-order chi connectivity index (χ1) is 13.7. The van der Waals surface area contributed by atoms with Crippen molar-refractivity contribution in [3.05, 3.63) is 47.5 Å². The van der Waals surface area contributed by atoms with Crippen LogP contribution in [0.5, 0.6) is 11.5 Å². The highest BCUT2D eigenvalue weighted by atomic mass is 16.7. The van der Waals surface area contributed by atoms with Crippen LogP contribution >= 0.6 is 0 Å². The van der Waals surface area contributed by atoms with Crippen LogP contribution in [-0.2, 0) is 22.4 Å². The molecule has 2 aromatic carbocycles. The van der Waals surface area contributed by atoms with Gasteiger partial charge in [-0.2, -0.15) is 0 Å². The molecule has 0 saturated heterocycles. The van der Waals surface area contributed by atoms with Gasteiger partial charge in [-0.05, 0) is 67.1 Å². The maximum Gasteiger partial charge on any atom is 0.231 e. The second-order valence-corrected chi connectivity index (χ2v) is 7.59. The lowest BCUT2D eigenvalue weighted by Crippen LogP contribution is -2.30. The van der Waals surface area contributed by atoms with E-state index < -0.39 is 0 Å². The Morgan fingerprint density at radius 1 is 1.07 bits per heavy atom. The molecular weight excluding hydrogens is 356 g/mol. The smallest absolute Gasteiger partial charge is 0.231 e. The number of ether oxygens (including phenoxy) is 2. The molecule has 1 aliphatic carbocycles. The van der Waals surface area contributed by atoms with Crippen LogP contribution in [0.15, 0.2) is 36.4 Å². The van der Waals surface area contributed by atoms with Crippen LogP contribution in [0.2, 0.25) is 0 Å². The van der Waals surface area contributed by atoms with Crippen molar-refractivity contribution in [1.29, 1.82) is 0 Å². The quantitative estimate of drug-likeness (QED) is 0.867. The van der Waals surface area contributed by atoms with Crippen molar-refractivity contribution in [3.8, 4) is 11.5 Å². The third kappa shape index (κ3) is 3.30. The Hall–Kier alpha value is -3.02. The van der Waals surface area contributed by atoms with E-state index in [-0.39, 0.29) is 24.5 Å². The molecule has 6 nitrogen and oxygen atoms in total. The summed E-state index contributed by atoms with van der Waals surface area (Å²) in [6, 6.07) is 11.6. The van der Waals surface area contributed by atoms with Gasteiger partial charge in [-0.25, -0.2) is 0 Å². The number of carbonyl (C=O) groups excluding carboxylic acids is 2. The maximum atomic E-state index is 12.4. The first-order valence-corrected chi connectivity index (χ1v) is 9.80. The van der Waals surface area contributed by atoms with Gasteiger partial charge in [0, 0.05) is 30.3 Å². The number of nitrogens with zero attached hydrogens (tertiary/aromatic N) is 1. The fraction of sp³-hybridized carbons (Fsp3) is 0.364. The molecule has 28 heavy (non-hydrogen) atoms. The molecule has 3 aliphatic rings. The first-order valence-electron chi connectivity index (χ1n) is 9.80. The van der Waals surface area contributed by atoms with Crippen molar-refractivity contribution in [2.75, 3.05) is 23.6 Å². The number of carbonyl (C=O) groups is 2. The molecule has 1 fully saturated rings. The normalized spacial score (nSPS) is 16.8. The Morgan fingerprint density at radius 3 is 2.79 bits per heavy atom. The largest absolute Gasteiger partial charge is 0.454 e. The van der Waals surface area contributed by atoms with Crippen LogP contribution in [0.4, 0.5) is 11.4 Å². The zero-order chi connectivity index (χ0) is 19.1. The molecule has 0 unspecified atom stereocenters. The molecular formula is C22H22N2O4. The molecule has 2 amide bonds. The van der Waals surface area contributed by atoms with Gasteiger partial charge in [-0.1, -0.05) is 6.07 Å². The predicted molar refractivity (Wildman–Crippen MR) is 105 cm³/mol. The third-order valence-corrected chi connectivity index (χ3v) is 5.53. The van der Waals surface area contributed by atoms with E-state index in [4.69, 9.17) is 9.47 Å². The Balaban J connectivity index is 1.19. The van der Waals surface area contributed by atoms with E-state index in [0.29, 0.717) is 12.8 Å². The highest BCUT2D eigenvalue weighted by Crippen LogP contribution is 2.37. The van der Waals surface area contributed by atoms with Gasteiger partial charge < -0.3 is 19.7 Å². The van der Waals surface area contributed by atoms with E-state index in [2.05, 4.69) is 5.32 Å². The third-order valence-electron chi connectivity index (χ3n) is 5.53. The average molecular weight is 378 g/mol. The number of nitrogens with one attached hydrogen (secondary N) is 1. The summed E-state index contributed by atoms with van der Waals surface area (Å²) in [6.07, 6.45) is 3.90. The van der Waals surface area contributed by atoms with Gasteiger partial charge in [0.25, 0.3) is 0 Å². The highest BCUT2D eigenvalue weighted by molar-refractivity contribution is 5.99. The number of fused-ring (bicyclic) bond motifs is 2. The van der Waals surface area contributed by atoms with Crippen LogP contribution in [0.3, 0.4) is 0 Å². The number of benzene rings is 2. The van der Waals surface area contributed by atoms with Crippen LogP contribution in [-0.4, -0.2) is 25.2 Å². The molecule has 0 radical (unpaired) electrons. The molecule has 0 bridgehead atoms. The second-order valence-electron chi connectivity index (χ2n) is 7.59. The van der Waals surface area contributed by atoms with Crippen molar-refractivity contribution >= 4 is 23.2 Å². The molecule has 2 aliphatic heterocycles. The van der Waals surface area contributed by atoms with Crippen LogP contribution in [0.25, 0.3) is 0 Å². The fourth-order valence-electron chi connectivity index (χ4n) is 3.84. The van der Waals surface area contributed by atoms with Gasteiger partial charge in [-0.15, -0.1) is 0 Å². The van der Waals surface area contributed by atoms with E-state index >= 15 is 0 Å². The molecule has 2 heterocycles. The molecule has 2 aromatic rings. The van der Waals surface area contributed by atoms with Crippen molar-refractivity contribution < 1.29 is 19.1 Å². The van der Waals surface area contributed by atoms with E-state index in [1.807, 2.05) is 41.3 Å². The summed E-state index contributed by atoms with van der Waals surface area (Å²) in [7, 11) is 0. The molecule has 0 atom stereocenters. The number of rotatable bonds is 5. The second kappa shape index (κ2) is 6.86. The van der Waals surface area contributed by atoms with Gasteiger partial charge in [-0.3, -0.25) is 9.59 Å². The summed E-state index contributed by atoms with van der Waals surface area (Å²) in [4.78, 5) is 26.6. The number of anilines is 2. The number of hydrogen-bond acceptors (Lipinski definition) is 4. The zero-order valence-electron chi connectivity index (χ0n) is 15.6. The van der Waals surface area contributed by atoms with Gasteiger partial charge in [0.2, 0.25) is 18.6 Å². The predicted octanol–water partition coefficient (Wildman–Crippen LogP) is 3.29. The molecule has 0 spiro atoms. The maximum absolute atomic E-state index is 12.4. The van der Waals surface area contributed by atoms with E-state index in [1.54, 1.807) is 0 Å². The molecule has 1 N–H and O–H groups in total. The number of aryl methyl sites for hydroxylation is 1. The Kier molecular flexibility index (Phi) is 4.19. The lowest BCUT2D eigenvalue weighted by Gasteiger charge is -2.17. The van der Waals surface area contributed by atoms with Gasteiger partial charge in [0.05, 0.1) is 0 Å². The molecule has 6 heteroatoms. The summed E-state index contributed by atoms with van der Waals surface area (Å²) in [6.45, 7) is 0.994. The Bertz CT molecular complexity index is 952. The Morgan fingerprint density at radius 2 is 1.93 bits per heavy atom. The SMILES string of the molecule is O=C(CCc1ccc2c(c1)OCO2)Nc1ccc2c(c1)CCN2C(=O)C1CC1. The minimum absolute atomic E-state index is 0.0264. The molecule has 5 rings (SSSR count). The van der Waals surface area contributed by atoms with Gasteiger partial charge in [0.15, 0.2) is 11.5 Å². The summed E-state index contributed by atoms with van der Waals surface area (Å²) in [5.41, 5.74) is 3.95. The number of amides is 2. The lowest BCUT2D eigenvalue weighted by atomic mass is 10.1. The zero-order valence-corrected chi connectivity index (χ0v) is 15.6. The fourth-order valence-corrected chi connectivity index (χ4v) is 3.84. The van der Waals surface area contributed by atoms with Crippen LogP contribution < -0.4 is 19.7 Å². The molecule has 144 valence electrons. The van der Waals surface area contributed by atoms with Crippen molar-refractivity contribution in [2.24, 2.45) is 5.92 Å². The summed E-state index contributed by atoms with van der Waals surface area (Å²) >= 11 is 0. The molecule has 0 aromatic heterocycles. The summed E-state index contributed by atoms with van der Waals surface area (Å²) in [5.74, 6) is 1.93. The van der Waals surface area contributed by atoms with Crippen LogP contribution in [0, 0.1) is 5.92 Å². The van der Waals surface area contributed by atoms with Crippen molar-refractivity contribution in [2.45, 2.75) is 32.1 Å². The van der Waals surface area contributed by atoms with Gasteiger partial charge in [0.1, 0.15) is 0 Å². The minimum atomic E-state index is -0.0264.